The van der Waals surface area contributed by atoms with Crippen molar-refractivity contribution in [2.45, 2.75) is 13.3 Å². The fraction of sp³-hybridized carbons (Fsp3) is 0.250. The summed E-state index contributed by atoms with van der Waals surface area (Å²) in [5.74, 6) is -0.215. The molecule has 2 aromatic rings. The van der Waals surface area contributed by atoms with Crippen LogP contribution in [0.15, 0.2) is 42.5 Å². The van der Waals surface area contributed by atoms with Gasteiger partial charge in [0, 0.05) is 0 Å². The molecule has 0 aliphatic rings. The van der Waals surface area contributed by atoms with Gasteiger partial charge in [-0.15, -0.1) is 0 Å². The van der Waals surface area contributed by atoms with Crippen LogP contribution in [0.2, 0.25) is 5.02 Å². The monoisotopic (exact) mass is 357 g/mol. The Morgan fingerprint density at radius 2 is 1.87 bits per heavy atom. The van der Waals surface area contributed by atoms with Gasteiger partial charge in [-0.05, 0) is 42.3 Å². The average molecular weight is 358 g/mol. The lowest BCUT2D eigenvalue weighted by atomic mass is 10.2. The molecule has 1 N–H and O–H groups in total. The second-order valence-electron chi connectivity index (χ2n) is 4.90. The van der Waals surface area contributed by atoms with Crippen molar-refractivity contribution in [1.82, 2.24) is 0 Å². The summed E-state index contributed by atoms with van der Waals surface area (Å²) in [7, 11) is -3.60. The van der Waals surface area contributed by atoms with Crippen LogP contribution in [0, 0.1) is 5.82 Å². The molecule has 2 rings (SSSR count). The number of anilines is 1. The van der Waals surface area contributed by atoms with Crippen molar-refractivity contribution in [3.8, 4) is 5.75 Å². The molecular weight excluding hydrogens is 341 g/mol. The van der Waals surface area contributed by atoms with E-state index >= 15 is 0 Å². The highest BCUT2D eigenvalue weighted by Crippen LogP contribution is 2.20. The van der Waals surface area contributed by atoms with Gasteiger partial charge in [0.2, 0.25) is 10.0 Å². The predicted molar refractivity (Wildman–Crippen MR) is 90.1 cm³/mol. The number of sulfonamides is 1. The zero-order chi connectivity index (χ0) is 16.9. The Kier molecular flexibility index (Phi) is 5.85. The number of rotatable bonds is 7. The van der Waals surface area contributed by atoms with Crippen molar-refractivity contribution in [1.29, 1.82) is 0 Å². The zero-order valence-electron chi connectivity index (χ0n) is 12.6. The molecule has 0 atom stereocenters. The zero-order valence-corrected chi connectivity index (χ0v) is 14.1. The molecule has 0 saturated heterocycles. The van der Waals surface area contributed by atoms with Gasteiger partial charge in [0.05, 0.1) is 10.7 Å². The second kappa shape index (κ2) is 7.66. The standard InChI is InChI=1S/C16H17ClFNO3S/c1-2-12-3-6-14(7-4-12)22-9-10-23(20,21)19-13-5-8-16(18)15(17)11-13/h3-8,11,19H,2,9-10H2,1H3. The van der Waals surface area contributed by atoms with Gasteiger partial charge < -0.3 is 4.74 Å². The smallest absolute Gasteiger partial charge is 0.236 e. The third-order valence-corrected chi connectivity index (χ3v) is 4.69. The Morgan fingerprint density at radius 3 is 2.48 bits per heavy atom. The van der Waals surface area contributed by atoms with E-state index in [9.17, 15) is 12.8 Å². The third kappa shape index (κ3) is 5.41. The van der Waals surface area contributed by atoms with Gasteiger partial charge in [-0.3, -0.25) is 4.72 Å². The molecule has 0 aliphatic carbocycles. The van der Waals surface area contributed by atoms with Gasteiger partial charge in [-0.1, -0.05) is 30.7 Å². The quantitative estimate of drug-likeness (QED) is 0.818. The molecule has 0 radical (unpaired) electrons. The first-order chi connectivity index (χ1) is 10.9. The summed E-state index contributed by atoms with van der Waals surface area (Å²) >= 11 is 5.62. The molecule has 7 heteroatoms. The van der Waals surface area contributed by atoms with Crippen molar-refractivity contribution in [3.05, 3.63) is 58.9 Å². The molecule has 0 unspecified atom stereocenters. The summed E-state index contributed by atoms with van der Waals surface area (Å²) in [6.45, 7) is 2.06. The maximum absolute atomic E-state index is 13.0. The Balaban J connectivity index is 1.89. The summed E-state index contributed by atoms with van der Waals surface area (Å²) in [5, 5.41) is -0.141. The number of halogens is 2. The van der Waals surface area contributed by atoms with Crippen molar-refractivity contribution >= 4 is 27.3 Å². The summed E-state index contributed by atoms with van der Waals surface area (Å²) in [4.78, 5) is 0. The van der Waals surface area contributed by atoms with E-state index in [1.54, 1.807) is 12.1 Å². The average Bonchev–Trinajstić information content (AvgIpc) is 2.51. The molecule has 4 nitrogen and oxygen atoms in total. The lowest BCUT2D eigenvalue weighted by Gasteiger charge is -2.10. The van der Waals surface area contributed by atoms with E-state index in [0.717, 1.165) is 12.5 Å². The van der Waals surface area contributed by atoms with Crippen LogP contribution in [0.3, 0.4) is 0 Å². The van der Waals surface area contributed by atoms with Crippen LogP contribution in [-0.2, 0) is 16.4 Å². The fourth-order valence-electron chi connectivity index (χ4n) is 1.88. The molecule has 0 bridgehead atoms. The first-order valence-corrected chi connectivity index (χ1v) is 9.10. The molecular formula is C16H17ClFNO3S. The number of ether oxygens (including phenoxy) is 1. The van der Waals surface area contributed by atoms with E-state index in [-0.39, 0.29) is 23.1 Å². The van der Waals surface area contributed by atoms with Gasteiger partial charge in [0.15, 0.2) is 0 Å². The van der Waals surface area contributed by atoms with E-state index in [4.69, 9.17) is 16.3 Å². The van der Waals surface area contributed by atoms with Crippen LogP contribution in [0.25, 0.3) is 0 Å². The molecule has 0 aromatic heterocycles. The minimum atomic E-state index is -3.60. The summed E-state index contributed by atoms with van der Waals surface area (Å²) < 4.78 is 44.7. The number of aryl methyl sites for hydroxylation is 1. The first-order valence-electron chi connectivity index (χ1n) is 7.07. The van der Waals surface area contributed by atoms with Crippen LogP contribution in [0.1, 0.15) is 12.5 Å². The topological polar surface area (TPSA) is 55.4 Å². The van der Waals surface area contributed by atoms with Crippen molar-refractivity contribution in [2.24, 2.45) is 0 Å². The molecule has 0 saturated carbocycles. The summed E-state index contributed by atoms with van der Waals surface area (Å²) in [5.41, 5.74) is 1.39. The molecule has 0 fully saturated rings. The first kappa shape index (κ1) is 17.6. The number of nitrogens with one attached hydrogen (secondary N) is 1. The highest BCUT2D eigenvalue weighted by Gasteiger charge is 2.12. The highest BCUT2D eigenvalue weighted by atomic mass is 35.5. The maximum atomic E-state index is 13.0. The Hall–Kier alpha value is -1.79. The van der Waals surface area contributed by atoms with Crippen molar-refractivity contribution in [2.75, 3.05) is 17.1 Å². The van der Waals surface area contributed by atoms with Crippen LogP contribution in [-0.4, -0.2) is 20.8 Å². The van der Waals surface area contributed by atoms with Gasteiger partial charge in [-0.25, -0.2) is 12.8 Å². The maximum Gasteiger partial charge on any atom is 0.236 e. The number of hydrogen-bond acceptors (Lipinski definition) is 3. The lowest BCUT2D eigenvalue weighted by Crippen LogP contribution is -2.21. The SMILES string of the molecule is CCc1ccc(OCCS(=O)(=O)Nc2ccc(F)c(Cl)c2)cc1. The lowest BCUT2D eigenvalue weighted by molar-refractivity contribution is 0.341. The van der Waals surface area contributed by atoms with E-state index in [0.29, 0.717) is 5.75 Å². The van der Waals surface area contributed by atoms with E-state index in [1.807, 2.05) is 12.1 Å². The Labute approximate surface area is 140 Å². The molecule has 23 heavy (non-hydrogen) atoms. The third-order valence-electron chi connectivity index (χ3n) is 3.15. The van der Waals surface area contributed by atoms with Crippen molar-refractivity contribution in [3.63, 3.8) is 0 Å². The molecule has 0 aliphatic heterocycles. The minimum Gasteiger partial charge on any atom is -0.492 e. The summed E-state index contributed by atoms with van der Waals surface area (Å²) in [6, 6.07) is 11.1. The minimum absolute atomic E-state index is 0.00965. The van der Waals surface area contributed by atoms with E-state index < -0.39 is 15.8 Å². The number of hydrogen-bond donors (Lipinski definition) is 1. The summed E-state index contributed by atoms with van der Waals surface area (Å²) in [6.07, 6.45) is 0.929. The molecule has 0 spiro atoms. The Morgan fingerprint density at radius 1 is 1.17 bits per heavy atom. The normalized spacial score (nSPS) is 11.3. The van der Waals surface area contributed by atoms with E-state index in [2.05, 4.69) is 11.6 Å². The molecule has 2 aromatic carbocycles. The number of benzene rings is 2. The van der Waals surface area contributed by atoms with Crippen LogP contribution in [0.4, 0.5) is 10.1 Å². The van der Waals surface area contributed by atoms with E-state index in [1.165, 1.54) is 17.7 Å². The predicted octanol–water partition coefficient (Wildman–Crippen LogP) is 3.86. The molecule has 0 heterocycles. The van der Waals surface area contributed by atoms with Crippen LogP contribution < -0.4 is 9.46 Å². The Bertz CT molecular complexity index is 763. The molecule has 0 amide bonds. The van der Waals surface area contributed by atoms with Crippen LogP contribution in [0.5, 0.6) is 5.75 Å². The molecule has 124 valence electrons. The van der Waals surface area contributed by atoms with Crippen LogP contribution >= 0.6 is 11.6 Å². The van der Waals surface area contributed by atoms with Gasteiger partial charge in [0.25, 0.3) is 0 Å². The van der Waals surface area contributed by atoms with Crippen molar-refractivity contribution < 1.29 is 17.5 Å². The largest absolute Gasteiger partial charge is 0.492 e. The van der Waals surface area contributed by atoms with Gasteiger partial charge >= 0.3 is 0 Å². The fourth-order valence-corrected chi connectivity index (χ4v) is 2.95. The van der Waals surface area contributed by atoms with Gasteiger partial charge in [-0.2, -0.15) is 0 Å². The second-order valence-corrected chi connectivity index (χ2v) is 7.14. The highest BCUT2D eigenvalue weighted by molar-refractivity contribution is 7.92. The van der Waals surface area contributed by atoms with Gasteiger partial charge in [0.1, 0.15) is 23.9 Å².